The van der Waals surface area contributed by atoms with Gasteiger partial charge in [-0.05, 0) is 12.1 Å². The van der Waals surface area contributed by atoms with Gasteiger partial charge in [-0.15, -0.1) is 0 Å². The molecule has 0 unspecified atom stereocenters. The van der Waals surface area contributed by atoms with Gasteiger partial charge in [-0.3, -0.25) is 14.8 Å². The molecule has 1 heterocycles. The van der Waals surface area contributed by atoms with E-state index in [1.165, 1.54) is 0 Å². The van der Waals surface area contributed by atoms with Gasteiger partial charge in [0.25, 0.3) is 5.69 Å². The van der Waals surface area contributed by atoms with Crippen molar-refractivity contribution >= 4 is 17.3 Å². The highest BCUT2D eigenvalue weighted by Crippen LogP contribution is 2.28. The number of carboxylic acids is 1. The highest BCUT2D eigenvalue weighted by atomic mass is 19.1. The number of hydrogen-bond donors (Lipinski definition) is 2. The fourth-order valence-corrected chi connectivity index (χ4v) is 1.78. The normalized spacial score (nSPS) is 10.4. The van der Waals surface area contributed by atoms with Crippen molar-refractivity contribution in [2.75, 3.05) is 5.32 Å². The van der Waals surface area contributed by atoms with Crippen molar-refractivity contribution in [3.05, 3.63) is 51.6 Å². The van der Waals surface area contributed by atoms with E-state index in [0.717, 1.165) is 11.8 Å². The van der Waals surface area contributed by atoms with Crippen LogP contribution < -0.4 is 5.32 Å². The largest absolute Gasteiger partial charge is 0.478 e. The van der Waals surface area contributed by atoms with E-state index < -0.39 is 28.0 Å². The van der Waals surface area contributed by atoms with E-state index in [0.29, 0.717) is 6.07 Å². The molecule has 1 aromatic carbocycles. The maximum absolute atomic E-state index is 13.5. The van der Waals surface area contributed by atoms with Gasteiger partial charge in [0.1, 0.15) is 11.5 Å². The summed E-state index contributed by atoms with van der Waals surface area (Å²) in [5.74, 6) is -2.65. The molecule has 0 aliphatic carbocycles. The topological polar surface area (TPSA) is 110 Å². The highest BCUT2D eigenvalue weighted by Gasteiger charge is 2.21. The number of carboxylic acid groups (broad SMARTS) is 1. The summed E-state index contributed by atoms with van der Waals surface area (Å²) in [4.78, 5) is 21.0. The van der Waals surface area contributed by atoms with E-state index in [1.54, 1.807) is 24.0 Å². The molecule has 0 saturated heterocycles. The van der Waals surface area contributed by atoms with Gasteiger partial charge < -0.3 is 10.4 Å². The number of rotatable bonds is 5. The third kappa shape index (κ3) is 2.96. The van der Waals surface area contributed by atoms with Crippen LogP contribution in [0.15, 0.2) is 24.4 Å². The van der Waals surface area contributed by atoms with Crippen LogP contribution in [-0.4, -0.2) is 25.8 Å². The number of nitrogens with zero attached hydrogens (tertiary/aromatic N) is 3. The molecule has 0 radical (unpaired) electrons. The van der Waals surface area contributed by atoms with Crippen LogP contribution in [0.2, 0.25) is 0 Å². The van der Waals surface area contributed by atoms with Crippen molar-refractivity contribution in [3.63, 3.8) is 0 Å². The van der Waals surface area contributed by atoms with Crippen LogP contribution in [0.3, 0.4) is 0 Å². The molecule has 1 aromatic heterocycles. The molecule has 0 aliphatic heterocycles. The minimum absolute atomic E-state index is 0.0694. The lowest BCUT2D eigenvalue weighted by atomic mass is 10.1. The number of nitrogens with one attached hydrogen (secondary N) is 1. The molecule has 0 fully saturated rings. The van der Waals surface area contributed by atoms with Crippen LogP contribution in [0.25, 0.3) is 0 Å². The SMILES string of the molecule is Cn1nccc1CNc1cc(C(=O)O)c(F)cc1[N+](=O)[O-]. The molecule has 9 heteroatoms. The second-order valence-corrected chi connectivity index (χ2v) is 4.21. The molecule has 2 N–H and O–H groups in total. The molecule has 21 heavy (non-hydrogen) atoms. The molecule has 8 nitrogen and oxygen atoms in total. The fourth-order valence-electron chi connectivity index (χ4n) is 1.78. The summed E-state index contributed by atoms with van der Waals surface area (Å²) in [6.45, 7) is 0.183. The third-order valence-corrected chi connectivity index (χ3v) is 2.89. The highest BCUT2D eigenvalue weighted by molar-refractivity contribution is 5.90. The quantitative estimate of drug-likeness (QED) is 0.642. The number of aromatic nitrogens is 2. The third-order valence-electron chi connectivity index (χ3n) is 2.89. The number of nitro groups is 1. The van der Waals surface area contributed by atoms with E-state index in [1.807, 2.05) is 0 Å². The van der Waals surface area contributed by atoms with E-state index in [4.69, 9.17) is 5.11 Å². The van der Waals surface area contributed by atoms with E-state index in [-0.39, 0.29) is 12.2 Å². The minimum atomic E-state index is -1.49. The maximum atomic E-state index is 13.5. The smallest absolute Gasteiger partial charge is 0.338 e. The summed E-state index contributed by atoms with van der Waals surface area (Å²) in [6, 6.07) is 3.20. The van der Waals surface area contributed by atoms with Crippen LogP contribution in [0, 0.1) is 15.9 Å². The van der Waals surface area contributed by atoms with Crippen LogP contribution in [-0.2, 0) is 13.6 Å². The lowest BCUT2D eigenvalue weighted by Crippen LogP contribution is -2.09. The average molecular weight is 294 g/mol. The zero-order valence-corrected chi connectivity index (χ0v) is 10.9. The van der Waals surface area contributed by atoms with E-state index in [9.17, 15) is 19.3 Å². The van der Waals surface area contributed by atoms with Crippen molar-refractivity contribution in [1.29, 1.82) is 0 Å². The summed E-state index contributed by atoms with van der Waals surface area (Å²) in [5, 5.41) is 26.4. The van der Waals surface area contributed by atoms with Gasteiger partial charge in [0, 0.05) is 13.2 Å². The van der Waals surface area contributed by atoms with Crippen molar-refractivity contribution in [1.82, 2.24) is 9.78 Å². The molecule has 0 saturated carbocycles. The van der Waals surface area contributed by atoms with Gasteiger partial charge in [-0.2, -0.15) is 5.10 Å². The summed E-state index contributed by atoms with van der Waals surface area (Å²) in [7, 11) is 1.69. The molecule has 110 valence electrons. The molecule has 0 atom stereocenters. The number of carbonyl (C=O) groups is 1. The molecule has 0 spiro atoms. The standard InChI is InChI=1S/C12H11FN4O4/c1-16-7(2-3-15-16)6-14-10-4-8(12(18)19)9(13)5-11(10)17(20)21/h2-5,14H,6H2,1H3,(H,18,19). The summed E-state index contributed by atoms with van der Waals surface area (Å²) >= 11 is 0. The van der Waals surface area contributed by atoms with Crippen molar-refractivity contribution in [2.45, 2.75) is 6.54 Å². The van der Waals surface area contributed by atoms with Gasteiger partial charge in [0.2, 0.25) is 0 Å². The Morgan fingerprint density at radius 1 is 1.57 bits per heavy atom. The lowest BCUT2D eigenvalue weighted by molar-refractivity contribution is -0.384. The summed E-state index contributed by atoms with van der Waals surface area (Å²) in [5.41, 5.74) is -0.502. The first-order valence-electron chi connectivity index (χ1n) is 5.82. The molecule has 0 aliphatic rings. The van der Waals surface area contributed by atoms with Crippen LogP contribution >= 0.6 is 0 Å². The van der Waals surface area contributed by atoms with Gasteiger partial charge in [-0.25, -0.2) is 9.18 Å². The van der Waals surface area contributed by atoms with Crippen LogP contribution in [0.1, 0.15) is 16.1 Å². The molecule has 0 amide bonds. The number of aromatic carboxylic acids is 1. The Labute approximate surface area is 118 Å². The Hall–Kier alpha value is -2.97. The number of hydrogen-bond acceptors (Lipinski definition) is 5. The molecular formula is C12H11FN4O4. The molecular weight excluding hydrogens is 283 g/mol. The van der Waals surface area contributed by atoms with Crippen molar-refractivity contribution in [3.8, 4) is 0 Å². The minimum Gasteiger partial charge on any atom is -0.478 e. The number of nitro benzene ring substituents is 1. The van der Waals surface area contributed by atoms with E-state index in [2.05, 4.69) is 10.4 Å². The van der Waals surface area contributed by atoms with Gasteiger partial charge >= 0.3 is 5.97 Å². The second-order valence-electron chi connectivity index (χ2n) is 4.21. The predicted octanol–water partition coefficient (Wildman–Crippen LogP) is 1.78. The van der Waals surface area contributed by atoms with Crippen molar-refractivity contribution in [2.24, 2.45) is 7.05 Å². The Morgan fingerprint density at radius 2 is 2.29 bits per heavy atom. The lowest BCUT2D eigenvalue weighted by Gasteiger charge is -2.09. The number of benzene rings is 1. The maximum Gasteiger partial charge on any atom is 0.338 e. The first-order chi connectivity index (χ1) is 9.90. The molecule has 2 aromatic rings. The average Bonchev–Trinajstić information content (AvgIpc) is 2.82. The Morgan fingerprint density at radius 3 is 2.81 bits per heavy atom. The van der Waals surface area contributed by atoms with Gasteiger partial charge in [0.15, 0.2) is 0 Å². The van der Waals surface area contributed by atoms with Crippen molar-refractivity contribution < 1.29 is 19.2 Å². The van der Waals surface area contributed by atoms with Gasteiger partial charge in [-0.1, -0.05) is 0 Å². The fraction of sp³-hybridized carbons (Fsp3) is 0.167. The number of halogens is 1. The predicted molar refractivity (Wildman–Crippen MR) is 70.5 cm³/mol. The summed E-state index contributed by atoms with van der Waals surface area (Å²) < 4.78 is 15.0. The second kappa shape index (κ2) is 5.57. The van der Waals surface area contributed by atoms with Gasteiger partial charge in [0.05, 0.1) is 28.8 Å². The number of aryl methyl sites for hydroxylation is 1. The summed E-state index contributed by atoms with van der Waals surface area (Å²) in [6.07, 6.45) is 1.55. The molecule has 2 rings (SSSR count). The zero-order valence-electron chi connectivity index (χ0n) is 10.9. The Balaban J connectivity index is 2.36. The zero-order chi connectivity index (χ0) is 15.6. The Kier molecular flexibility index (Phi) is 3.83. The van der Waals surface area contributed by atoms with E-state index >= 15 is 0 Å². The Bertz CT molecular complexity index is 713. The monoisotopic (exact) mass is 294 g/mol. The molecule has 0 bridgehead atoms. The first-order valence-corrected chi connectivity index (χ1v) is 5.82. The van der Waals surface area contributed by atoms with Crippen LogP contribution in [0.4, 0.5) is 15.8 Å². The number of anilines is 1. The van der Waals surface area contributed by atoms with Crippen LogP contribution in [0.5, 0.6) is 0 Å². The first kappa shape index (κ1) is 14.4.